The zero-order chi connectivity index (χ0) is 18.5. The number of rotatable bonds is 4. The summed E-state index contributed by atoms with van der Waals surface area (Å²) in [5.41, 5.74) is 3.13. The summed E-state index contributed by atoms with van der Waals surface area (Å²) in [4.78, 5) is 16.0. The van der Waals surface area contributed by atoms with Crippen LogP contribution in [0.15, 0.2) is 28.8 Å². The second-order valence-electron chi connectivity index (χ2n) is 7.21. The van der Waals surface area contributed by atoms with Crippen LogP contribution in [-0.4, -0.2) is 51.5 Å². The molecule has 2 fully saturated rings. The number of halogens is 1. The van der Waals surface area contributed by atoms with Crippen LogP contribution >= 0.6 is 12.4 Å². The third kappa shape index (κ3) is 3.26. The van der Waals surface area contributed by atoms with E-state index in [9.17, 15) is 0 Å². The standard InChI is InChI=1S/C19H19N7O2.ClH/c1-2-12-15-16(28-18(12)20-5-1)17(26-6-8-27-9-7-26)23-19(22-15)21-14-10-13(24-25-14)11-3-4-11;/h1-2,5,10-11H,3-4,6-9H2,(H2,21,22,23,24,25);1H. The van der Waals surface area contributed by atoms with Gasteiger partial charge >= 0.3 is 0 Å². The molecule has 9 nitrogen and oxygen atoms in total. The molecule has 0 amide bonds. The third-order valence-electron chi connectivity index (χ3n) is 5.24. The van der Waals surface area contributed by atoms with Crippen molar-refractivity contribution in [3.63, 3.8) is 0 Å². The van der Waals surface area contributed by atoms with E-state index < -0.39 is 0 Å². The first-order valence-electron chi connectivity index (χ1n) is 9.55. The molecule has 10 heteroatoms. The maximum atomic E-state index is 6.02. The summed E-state index contributed by atoms with van der Waals surface area (Å²) in [6.45, 7) is 2.84. The fourth-order valence-electron chi connectivity index (χ4n) is 3.63. The molecule has 0 bridgehead atoms. The molecule has 1 aliphatic carbocycles. The van der Waals surface area contributed by atoms with Crippen LogP contribution in [0.4, 0.5) is 17.6 Å². The van der Waals surface area contributed by atoms with Gasteiger partial charge in [-0.3, -0.25) is 5.10 Å². The molecule has 6 rings (SSSR count). The van der Waals surface area contributed by atoms with Crippen molar-refractivity contribution < 1.29 is 9.15 Å². The largest absolute Gasteiger partial charge is 0.432 e. The van der Waals surface area contributed by atoms with Crippen LogP contribution in [0.2, 0.25) is 0 Å². The Bertz CT molecular complexity index is 1160. The predicted octanol–water partition coefficient (Wildman–Crippen LogP) is 3.37. The Labute approximate surface area is 172 Å². The van der Waals surface area contributed by atoms with Crippen LogP contribution in [0.1, 0.15) is 24.5 Å². The van der Waals surface area contributed by atoms with E-state index in [1.807, 2.05) is 18.2 Å². The molecule has 0 atom stereocenters. The number of H-pyrrole nitrogens is 1. The Balaban J connectivity index is 0.00000181. The Kier molecular flexibility index (Phi) is 4.48. The van der Waals surface area contributed by atoms with Gasteiger partial charge in [0.25, 0.3) is 0 Å². The molecule has 0 spiro atoms. The molecule has 0 unspecified atom stereocenters. The molecule has 29 heavy (non-hydrogen) atoms. The molecular weight excluding hydrogens is 394 g/mol. The molecule has 2 aliphatic rings. The van der Waals surface area contributed by atoms with E-state index in [0.717, 1.165) is 41.3 Å². The lowest BCUT2D eigenvalue weighted by Gasteiger charge is -2.27. The monoisotopic (exact) mass is 413 g/mol. The summed E-state index contributed by atoms with van der Waals surface area (Å²) >= 11 is 0. The highest BCUT2D eigenvalue weighted by Gasteiger charge is 2.26. The van der Waals surface area contributed by atoms with E-state index in [4.69, 9.17) is 19.1 Å². The molecule has 0 aromatic carbocycles. The molecule has 1 saturated carbocycles. The average Bonchev–Trinajstić information content (AvgIpc) is 3.37. The molecular formula is C19H20ClN7O2. The third-order valence-corrected chi connectivity index (χ3v) is 5.24. The number of nitrogens with one attached hydrogen (secondary N) is 2. The van der Waals surface area contributed by atoms with Gasteiger partial charge in [0, 0.05) is 37.0 Å². The Morgan fingerprint density at radius 2 is 2.03 bits per heavy atom. The number of ether oxygens (including phenoxy) is 1. The smallest absolute Gasteiger partial charge is 0.231 e. The van der Waals surface area contributed by atoms with Crippen LogP contribution in [0, 0.1) is 0 Å². The van der Waals surface area contributed by atoms with Crippen molar-refractivity contribution in [2.24, 2.45) is 0 Å². The average molecular weight is 414 g/mol. The Morgan fingerprint density at radius 1 is 1.17 bits per heavy atom. The van der Waals surface area contributed by atoms with Crippen molar-refractivity contribution in [2.45, 2.75) is 18.8 Å². The highest BCUT2D eigenvalue weighted by molar-refractivity contribution is 6.05. The minimum absolute atomic E-state index is 0. The van der Waals surface area contributed by atoms with Gasteiger partial charge in [0.2, 0.25) is 11.7 Å². The fourth-order valence-corrected chi connectivity index (χ4v) is 3.63. The molecule has 1 aliphatic heterocycles. The van der Waals surface area contributed by atoms with E-state index in [1.165, 1.54) is 12.8 Å². The zero-order valence-electron chi connectivity index (χ0n) is 15.6. The quantitative estimate of drug-likeness (QED) is 0.524. The van der Waals surface area contributed by atoms with Gasteiger partial charge in [-0.25, -0.2) is 9.97 Å². The van der Waals surface area contributed by atoms with Crippen LogP contribution in [0.3, 0.4) is 0 Å². The first kappa shape index (κ1) is 18.1. The van der Waals surface area contributed by atoms with Gasteiger partial charge in [0.15, 0.2) is 17.2 Å². The van der Waals surface area contributed by atoms with Crippen molar-refractivity contribution in [3.8, 4) is 0 Å². The molecule has 1 saturated heterocycles. The molecule has 4 aromatic heterocycles. The molecule has 0 radical (unpaired) electrons. The second-order valence-corrected chi connectivity index (χ2v) is 7.21. The predicted molar refractivity (Wildman–Crippen MR) is 111 cm³/mol. The minimum atomic E-state index is 0. The molecule has 2 N–H and O–H groups in total. The second kappa shape index (κ2) is 7.16. The number of anilines is 3. The topological polar surface area (TPSA) is 105 Å². The number of hydrogen-bond acceptors (Lipinski definition) is 8. The lowest BCUT2D eigenvalue weighted by Crippen LogP contribution is -2.37. The Morgan fingerprint density at radius 3 is 2.86 bits per heavy atom. The van der Waals surface area contributed by atoms with Crippen LogP contribution in [0.25, 0.3) is 22.2 Å². The first-order valence-corrected chi connectivity index (χ1v) is 9.55. The van der Waals surface area contributed by atoms with E-state index in [-0.39, 0.29) is 12.4 Å². The molecule has 150 valence electrons. The van der Waals surface area contributed by atoms with Gasteiger partial charge < -0.3 is 19.4 Å². The summed E-state index contributed by atoms with van der Waals surface area (Å²) in [6, 6.07) is 5.89. The number of pyridine rings is 1. The lowest BCUT2D eigenvalue weighted by molar-refractivity contribution is 0.122. The number of nitrogens with zero attached hydrogens (tertiary/aromatic N) is 5. The van der Waals surface area contributed by atoms with Crippen molar-refractivity contribution in [1.29, 1.82) is 0 Å². The number of hydrogen-bond donors (Lipinski definition) is 2. The van der Waals surface area contributed by atoms with Crippen LogP contribution in [-0.2, 0) is 4.74 Å². The summed E-state index contributed by atoms with van der Waals surface area (Å²) in [6.07, 6.45) is 4.16. The van der Waals surface area contributed by atoms with E-state index in [2.05, 4.69) is 25.4 Å². The van der Waals surface area contributed by atoms with Gasteiger partial charge in [-0.2, -0.15) is 10.1 Å². The highest BCUT2D eigenvalue weighted by Crippen LogP contribution is 2.40. The minimum Gasteiger partial charge on any atom is -0.432 e. The number of aromatic nitrogens is 5. The van der Waals surface area contributed by atoms with Gasteiger partial charge in [0.05, 0.1) is 18.6 Å². The number of aromatic amines is 1. The summed E-state index contributed by atoms with van der Waals surface area (Å²) in [7, 11) is 0. The van der Waals surface area contributed by atoms with Crippen molar-refractivity contribution in [1.82, 2.24) is 25.1 Å². The summed E-state index contributed by atoms with van der Waals surface area (Å²) in [5.74, 6) is 2.58. The maximum absolute atomic E-state index is 6.02. The van der Waals surface area contributed by atoms with Crippen LogP contribution in [0.5, 0.6) is 0 Å². The first-order chi connectivity index (χ1) is 13.8. The van der Waals surface area contributed by atoms with Gasteiger partial charge in [-0.15, -0.1) is 12.4 Å². The fraction of sp³-hybridized carbons (Fsp3) is 0.368. The summed E-state index contributed by atoms with van der Waals surface area (Å²) < 4.78 is 11.5. The maximum Gasteiger partial charge on any atom is 0.231 e. The van der Waals surface area contributed by atoms with E-state index >= 15 is 0 Å². The molecule has 4 aromatic rings. The highest BCUT2D eigenvalue weighted by atomic mass is 35.5. The van der Waals surface area contributed by atoms with Gasteiger partial charge in [0.1, 0.15) is 5.52 Å². The molecule has 5 heterocycles. The number of fused-ring (bicyclic) bond motifs is 3. The van der Waals surface area contributed by atoms with Crippen molar-refractivity contribution in [2.75, 3.05) is 36.5 Å². The van der Waals surface area contributed by atoms with Crippen LogP contribution < -0.4 is 10.2 Å². The zero-order valence-corrected chi connectivity index (χ0v) is 16.4. The van der Waals surface area contributed by atoms with Crippen molar-refractivity contribution >= 4 is 52.2 Å². The van der Waals surface area contributed by atoms with Crippen molar-refractivity contribution in [3.05, 3.63) is 30.1 Å². The number of morpholine rings is 1. The summed E-state index contributed by atoms with van der Waals surface area (Å²) in [5, 5.41) is 11.6. The number of furan rings is 1. The Hall–Kier alpha value is -2.91. The van der Waals surface area contributed by atoms with E-state index in [0.29, 0.717) is 36.4 Å². The SMILES string of the molecule is Cl.c1cnc2oc3c(N4CCOCC4)nc(Nc4cc(C5CC5)[nH]n4)nc3c2c1. The lowest BCUT2D eigenvalue weighted by atomic mass is 10.3. The van der Waals surface area contributed by atoms with Gasteiger partial charge in [-0.05, 0) is 25.0 Å². The normalized spacial score (nSPS) is 16.9. The van der Waals surface area contributed by atoms with E-state index in [1.54, 1.807) is 6.20 Å². The van der Waals surface area contributed by atoms with Gasteiger partial charge in [-0.1, -0.05) is 0 Å².